The van der Waals surface area contributed by atoms with Crippen LogP contribution in [-0.2, 0) is 13.0 Å². The van der Waals surface area contributed by atoms with Gasteiger partial charge in [0.1, 0.15) is 0 Å². The molecular weight excluding hydrogens is 456 g/mol. The third-order valence-electron chi connectivity index (χ3n) is 6.60. The quantitative estimate of drug-likeness (QED) is 0.577. The highest BCUT2D eigenvalue weighted by molar-refractivity contribution is 7.13. The fourth-order valence-electron chi connectivity index (χ4n) is 4.83. The number of hydrogen-bond donors (Lipinski definition) is 2. The van der Waals surface area contributed by atoms with Crippen LogP contribution in [0, 0.1) is 0 Å². The summed E-state index contributed by atoms with van der Waals surface area (Å²) < 4.78 is 0. The summed E-state index contributed by atoms with van der Waals surface area (Å²) in [6.07, 6.45) is 4.62. The smallest absolute Gasteiger partial charge is 0.280 e. The van der Waals surface area contributed by atoms with Crippen molar-refractivity contribution in [2.24, 2.45) is 0 Å². The van der Waals surface area contributed by atoms with Crippen LogP contribution < -0.4 is 10.6 Å². The molecule has 2 aromatic carbocycles. The van der Waals surface area contributed by atoms with Crippen LogP contribution >= 0.6 is 22.9 Å². The molecule has 0 saturated heterocycles. The Balaban J connectivity index is 1.30. The molecule has 33 heavy (non-hydrogen) atoms. The van der Waals surface area contributed by atoms with Crippen molar-refractivity contribution in [3.63, 3.8) is 0 Å². The molecule has 1 aliphatic carbocycles. The van der Waals surface area contributed by atoms with Gasteiger partial charge in [0.2, 0.25) is 0 Å². The highest BCUT2D eigenvalue weighted by Crippen LogP contribution is 2.26. The molecule has 1 saturated carbocycles. The topological polar surface area (TPSA) is 74.3 Å². The number of likely N-dealkylation sites (N-methyl/N-ethyl adjacent to an activating group) is 1. The third kappa shape index (κ3) is 4.76. The molecule has 0 radical (unpaired) electrons. The van der Waals surface area contributed by atoms with Crippen LogP contribution in [0.5, 0.6) is 0 Å². The van der Waals surface area contributed by atoms with Crippen molar-refractivity contribution in [1.82, 2.24) is 20.5 Å². The van der Waals surface area contributed by atoms with E-state index in [1.54, 1.807) is 6.07 Å². The maximum atomic E-state index is 13.2. The standard InChI is InChI=1S/C25H27ClN4O2S/c1-30-12-11-21-22(14-30)33-25(29-21)24(32)28-20-8-3-2-7-19(20)27-23(31)18-6-4-5-15-13-16(26)9-10-17(15)18/h4-6,9-10,13,19-20H,2-3,7-8,11-12,14H2,1H3,(H,27,31)(H,28,32)/t19-,20+/m0/s1. The van der Waals surface area contributed by atoms with E-state index in [-0.39, 0.29) is 23.9 Å². The average molecular weight is 483 g/mol. The van der Waals surface area contributed by atoms with Gasteiger partial charge in [-0.25, -0.2) is 4.98 Å². The second kappa shape index (κ2) is 9.41. The first-order valence-corrected chi connectivity index (χ1v) is 12.6. The Morgan fingerprint density at radius 1 is 1.09 bits per heavy atom. The lowest BCUT2D eigenvalue weighted by atomic mass is 9.89. The Morgan fingerprint density at radius 3 is 2.64 bits per heavy atom. The predicted octanol–water partition coefficient (Wildman–Crippen LogP) is 4.41. The summed E-state index contributed by atoms with van der Waals surface area (Å²) in [5.74, 6) is -0.259. The number of halogens is 1. The van der Waals surface area contributed by atoms with E-state index in [1.165, 1.54) is 16.2 Å². The van der Waals surface area contributed by atoms with Gasteiger partial charge in [0.15, 0.2) is 5.01 Å². The Bertz CT molecular complexity index is 1210. The van der Waals surface area contributed by atoms with Gasteiger partial charge in [0, 0.05) is 47.1 Å². The Labute approximate surface area is 202 Å². The van der Waals surface area contributed by atoms with E-state index in [0.29, 0.717) is 15.6 Å². The molecule has 2 heterocycles. The maximum absolute atomic E-state index is 13.2. The van der Waals surface area contributed by atoms with Crippen LogP contribution in [0.25, 0.3) is 10.8 Å². The summed E-state index contributed by atoms with van der Waals surface area (Å²) in [4.78, 5) is 34.3. The number of nitrogens with zero attached hydrogens (tertiary/aromatic N) is 2. The molecule has 8 heteroatoms. The van der Waals surface area contributed by atoms with Crippen molar-refractivity contribution in [3.8, 4) is 0 Å². The number of aromatic nitrogens is 1. The third-order valence-corrected chi connectivity index (χ3v) is 7.92. The SMILES string of the molecule is CN1CCc2nc(C(=O)N[C@@H]3CCCC[C@@H]3NC(=O)c3cccc4cc(Cl)ccc34)sc2C1. The van der Waals surface area contributed by atoms with E-state index in [0.717, 1.165) is 61.7 Å². The van der Waals surface area contributed by atoms with E-state index in [1.807, 2.05) is 30.3 Å². The van der Waals surface area contributed by atoms with Gasteiger partial charge in [0.05, 0.1) is 5.69 Å². The Morgan fingerprint density at radius 2 is 1.85 bits per heavy atom. The van der Waals surface area contributed by atoms with Crippen molar-refractivity contribution in [3.05, 3.63) is 62.6 Å². The Hall–Kier alpha value is -2.48. The van der Waals surface area contributed by atoms with E-state index >= 15 is 0 Å². The molecule has 1 aromatic heterocycles. The molecule has 3 aromatic rings. The summed E-state index contributed by atoms with van der Waals surface area (Å²) in [7, 11) is 2.09. The molecule has 0 spiro atoms. The highest BCUT2D eigenvalue weighted by atomic mass is 35.5. The van der Waals surface area contributed by atoms with Crippen LogP contribution in [-0.4, -0.2) is 47.4 Å². The number of carbonyl (C=O) groups is 2. The first-order chi connectivity index (χ1) is 16.0. The van der Waals surface area contributed by atoms with Gasteiger partial charge in [-0.15, -0.1) is 11.3 Å². The summed E-state index contributed by atoms with van der Waals surface area (Å²) in [6, 6.07) is 11.0. The summed E-state index contributed by atoms with van der Waals surface area (Å²) >= 11 is 7.60. The van der Waals surface area contributed by atoms with Gasteiger partial charge in [-0.05, 0) is 48.9 Å². The number of benzene rings is 2. The fraction of sp³-hybridized carbons (Fsp3) is 0.400. The van der Waals surface area contributed by atoms with Crippen LogP contribution in [0.4, 0.5) is 0 Å². The zero-order valence-electron chi connectivity index (χ0n) is 18.6. The monoisotopic (exact) mass is 482 g/mol. The zero-order valence-corrected chi connectivity index (χ0v) is 20.1. The van der Waals surface area contributed by atoms with E-state index in [2.05, 4.69) is 27.6 Å². The first-order valence-electron chi connectivity index (χ1n) is 11.4. The summed E-state index contributed by atoms with van der Waals surface area (Å²) in [5.41, 5.74) is 1.67. The van der Waals surface area contributed by atoms with Gasteiger partial charge >= 0.3 is 0 Å². The van der Waals surface area contributed by atoms with Crippen molar-refractivity contribution in [2.45, 2.75) is 50.7 Å². The van der Waals surface area contributed by atoms with E-state index in [4.69, 9.17) is 11.6 Å². The van der Waals surface area contributed by atoms with Crippen LogP contribution in [0.1, 0.15) is 56.4 Å². The number of hydrogen-bond acceptors (Lipinski definition) is 5. The lowest BCUT2D eigenvalue weighted by molar-refractivity contribution is 0.0863. The summed E-state index contributed by atoms with van der Waals surface area (Å²) in [6.45, 7) is 1.81. The summed E-state index contributed by atoms with van der Waals surface area (Å²) in [5, 5.41) is 9.33. The van der Waals surface area contributed by atoms with Crippen molar-refractivity contribution in [1.29, 1.82) is 0 Å². The Kier molecular flexibility index (Phi) is 6.36. The normalized spacial score (nSPS) is 20.9. The molecule has 2 amide bonds. The van der Waals surface area contributed by atoms with Crippen LogP contribution in [0.15, 0.2) is 36.4 Å². The molecular formula is C25H27ClN4O2S. The van der Waals surface area contributed by atoms with Crippen molar-refractivity contribution < 1.29 is 9.59 Å². The van der Waals surface area contributed by atoms with Gasteiger partial charge < -0.3 is 15.5 Å². The molecule has 5 rings (SSSR count). The average Bonchev–Trinajstić information content (AvgIpc) is 3.23. The molecule has 1 aliphatic heterocycles. The first kappa shape index (κ1) is 22.3. The minimum Gasteiger partial charge on any atom is -0.347 e. The van der Waals surface area contributed by atoms with Crippen molar-refractivity contribution >= 4 is 45.5 Å². The lowest BCUT2D eigenvalue weighted by Gasteiger charge is -2.32. The molecule has 2 atom stereocenters. The molecule has 1 fully saturated rings. The number of amides is 2. The van der Waals surface area contributed by atoms with Crippen LogP contribution in [0.2, 0.25) is 5.02 Å². The van der Waals surface area contributed by atoms with E-state index < -0.39 is 0 Å². The highest BCUT2D eigenvalue weighted by Gasteiger charge is 2.30. The minimum absolute atomic E-state index is 0.108. The molecule has 0 unspecified atom stereocenters. The number of nitrogens with one attached hydrogen (secondary N) is 2. The van der Waals surface area contributed by atoms with E-state index in [9.17, 15) is 9.59 Å². The van der Waals surface area contributed by atoms with Gasteiger partial charge in [-0.2, -0.15) is 0 Å². The maximum Gasteiger partial charge on any atom is 0.280 e. The molecule has 2 N–H and O–H groups in total. The molecule has 0 bridgehead atoms. The largest absolute Gasteiger partial charge is 0.347 e. The van der Waals surface area contributed by atoms with Gasteiger partial charge in [-0.3, -0.25) is 9.59 Å². The van der Waals surface area contributed by atoms with Gasteiger partial charge in [-0.1, -0.05) is 42.6 Å². The number of fused-ring (bicyclic) bond motifs is 2. The second-order valence-electron chi connectivity index (χ2n) is 8.99. The number of thiazole rings is 1. The molecule has 2 aliphatic rings. The van der Waals surface area contributed by atoms with Crippen LogP contribution in [0.3, 0.4) is 0 Å². The predicted molar refractivity (Wildman–Crippen MR) is 132 cm³/mol. The minimum atomic E-state index is -0.136. The van der Waals surface area contributed by atoms with Gasteiger partial charge in [0.25, 0.3) is 11.8 Å². The molecule has 172 valence electrons. The van der Waals surface area contributed by atoms with Crippen molar-refractivity contribution in [2.75, 3.05) is 13.6 Å². The molecule has 6 nitrogen and oxygen atoms in total. The number of rotatable bonds is 4. The lowest BCUT2D eigenvalue weighted by Crippen LogP contribution is -2.53. The fourth-order valence-corrected chi connectivity index (χ4v) is 6.10. The number of carbonyl (C=O) groups excluding carboxylic acids is 2. The second-order valence-corrected chi connectivity index (χ2v) is 10.5. The zero-order chi connectivity index (χ0) is 22.9.